The highest BCUT2D eigenvalue weighted by molar-refractivity contribution is 7.12. The molecular formula is C23H17N3O4S. The number of fused-ring (bicyclic) bond motifs is 1. The van der Waals surface area contributed by atoms with Crippen LogP contribution in [0.15, 0.2) is 78.2 Å². The fourth-order valence-corrected chi connectivity index (χ4v) is 3.59. The van der Waals surface area contributed by atoms with Crippen molar-refractivity contribution in [3.05, 3.63) is 94.2 Å². The van der Waals surface area contributed by atoms with Gasteiger partial charge in [-0.15, -0.1) is 11.3 Å². The number of phenolic OH excluding ortho intramolecular Hbond substituents is 1. The number of hydrazine groups is 1. The van der Waals surface area contributed by atoms with E-state index in [9.17, 15) is 19.5 Å². The highest BCUT2D eigenvalue weighted by Crippen LogP contribution is 2.24. The number of thiophene rings is 1. The molecule has 1 aromatic heterocycles. The molecule has 31 heavy (non-hydrogen) atoms. The third-order valence-corrected chi connectivity index (χ3v) is 5.42. The minimum atomic E-state index is -0.642. The van der Waals surface area contributed by atoms with Gasteiger partial charge in [-0.05, 0) is 58.6 Å². The second-order valence-corrected chi connectivity index (χ2v) is 7.58. The van der Waals surface area contributed by atoms with Gasteiger partial charge >= 0.3 is 0 Å². The summed E-state index contributed by atoms with van der Waals surface area (Å²) in [6, 6.07) is 20.1. The number of hydrogen-bond donors (Lipinski definition) is 4. The number of nitrogens with one attached hydrogen (secondary N) is 3. The zero-order chi connectivity index (χ0) is 21.8. The summed E-state index contributed by atoms with van der Waals surface area (Å²) < 4.78 is 0. The van der Waals surface area contributed by atoms with E-state index in [-0.39, 0.29) is 22.8 Å². The van der Waals surface area contributed by atoms with Gasteiger partial charge in [0, 0.05) is 11.3 Å². The van der Waals surface area contributed by atoms with Crippen LogP contribution in [-0.4, -0.2) is 22.8 Å². The van der Waals surface area contributed by atoms with Crippen LogP contribution in [0.2, 0.25) is 0 Å². The Morgan fingerprint density at radius 2 is 1.42 bits per heavy atom. The number of anilines is 1. The number of amides is 3. The Hall–Kier alpha value is -4.17. The molecule has 154 valence electrons. The molecule has 4 N–H and O–H groups in total. The highest BCUT2D eigenvalue weighted by atomic mass is 32.1. The molecule has 0 bridgehead atoms. The molecule has 4 aromatic rings. The Morgan fingerprint density at radius 1 is 0.742 bits per heavy atom. The lowest BCUT2D eigenvalue weighted by molar-refractivity contribution is 0.0845. The van der Waals surface area contributed by atoms with Crippen LogP contribution in [0, 0.1) is 0 Å². The van der Waals surface area contributed by atoms with E-state index in [2.05, 4.69) is 16.2 Å². The number of rotatable bonds is 4. The van der Waals surface area contributed by atoms with Crippen LogP contribution in [0.3, 0.4) is 0 Å². The first-order chi connectivity index (χ1) is 15.0. The van der Waals surface area contributed by atoms with Gasteiger partial charge in [0.15, 0.2) is 0 Å². The predicted octanol–water partition coefficient (Wildman–Crippen LogP) is 3.93. The molecule has 0 atom stereocenters. The van der Waals surface area contributed by atoms with Gasteiger partial charge in [0.2, 0.25) is 0 Å². The van der Waals surface area contributed by atoms with E-state index in [1.54, 1.807) is 30.3 Å². The first kappa shape index (κ1) is 20.1. The molecule has 1 heterocycles. The average molecular weight is 431 g/mol. The number of phenols is 1. The van der Waals surface area contributed by atoms with E-state index in [0.29, 0.717) is 10.6 Å². The van der Waals surface area contributed by atoms with E-state index in [0.717, 1.165) is 10.8 Å². The van der Waals surface area contributed by atoms with E-state index in [1.807, 2.05) is 29.6 Å². The molecule has 7 nitrogen and oxygen atoms in total. The highest BCUT2D eigenvalue weighted by Gasteiger charge is 2.14. The summed E-state index contributed by atoms with van der Waals surface area (Å²) in [6.07, 6.45) is 0. The van der Waals surface area contributed by atoms with Crippen LogP contribution in [0.4, 0.5) is 5.69 Å². The Morgan fingerprint density at radius 3 is 2.10 bits per heavy atom. The fraction of sp³-hybridized carbons (Fsp3) is 0. The largest absolute Gasteiger partial charge is 0.507 e. The van der Waals surface area contributed by atoms with Crippen molar-refractivity contribution in [2.75, 3.05) is 5.32 Å². The van der Waals surface area contributed by atoms with E-state index in [1.165, 1.54) is 29.5 Å². The first-order valence-corrected chi connectivity index (χ1v) is 10.2. The summed E-state index contributed by atoms with van der Waals surface area (Å²) >= 11 is 1.33. The van der Waals surface area contributed by atoms with Gasteiger partial charge in [-0.25, -0.2) is 0 Å². The molecule has 0 spiro atoms. The monoisotopic (exact) mass is 431 g/mol. The van der Waals surface area contributed by atoms with Crippen LogP contribution in [0.1, 0.15) is 30.4 Å². The van der Waals surface area contributed by atoms with Gasteiger partial charge in [-0.2, -0.15) is 0 Å². The van der Waals surface area contributed by atoms with Gasteiger partial charge in [0.1, 0.15) is 5.75 Å². The molecule has 0 unspecified atom stereocenters. The smallest absolute Gasteiger partial charge is 0.273 e. The lowest BCUT2D eigenvalue weighted by Gasteiger charge is -2.10. The van der Waals surface area contributed by atoms with Gasteiger partial charge < -0.3 is 10.4 Å². The van der Waals surface area contributed by atoms with Crippen molar-refractivity contribution in [2.24, 2.45) is 0 Å². The minimum absolute atomic E-state index is 0.0469. The van der Waals surface area contributed by atoms with Crippen LogP contribution in [0.5, 0.6) is 5.75 Å². The zero-order valence-electron chi connectivity index (χ0n) is 16.1. The topological polar surface area (TPSA) is 108 Å². The van der Waals surface area contributed by atoms with Crippen LogP contribution in [0.25, 0.3) is 10.8 Å². The number of carbonyl (C=O) groups excluding carboxylic acids is 3. The zero-order valence-corrected chi connectivity index (χ0v) is 16.9. The van der Waals surface area contributed by atoms with Crippen molar-refractivity contribution in [1.82, 2.24) is 10.9 Å². The molecule has 4 rings (SSSR count). The first-order valence-electron chi connectivity index (χ1n) is 9.28. The lowest BCUT2D eigenvalue weighted by Crippen LogP contribution is -2.41. The minimum Gasteiger partial charge on any atom is -0.507 e. The van der Waals surface area contributed by atoms with Crippen LogP contribution >= 0.6 is 11.3 Å². The average Bonchev–Trinajstić information content (AvgIpc) is 3.32. The van der Waals surface area contributed by atoms with Gasteiger partial charge in [0.25, 0.3) is 17.7 Å². The molecule has 0 saturated heterocycles. The van der Waals surface area contributed by atoms with Crippen molar-refractivity contribution >= 4 is 45.5 Å². The molecule has 8 heteroatoms. The summed E-state index contributed by atoms with van der Waals surface area (Å²) in [5.41, 5.74) is 5.50. The maximum absolute atomic E-state index is 12.4. The van der Waals surface area contributed by atoms with Gasteiger partial charge in [0.05, 0.1) is 10.4 Å². The maximum atomic E-state index is 12.4. The molecule has 0 radical (unpaired) electrons. The molecule has 0 saturated carbocycles. The Bertz CT molecular complexity index is 1270. The van der Waals surface area contributed by atoms with Crippen molar-refractivity contribution in [3.8, 4) is 5.75 Å². The predicted molar refractivity (Wildman–Crippen MR) is 119 cm³/mol. The third kappa shape index (κ3) is 4.54. The molecule has 0 aliphatic rings. The molecular weight excluding hydrogens is 414 g/mol. The normalized spacial score (nSPS) is 10.5. The Kier molecular flexibility index (Phi) is 5.63. The van der Waals surface area contributed by atoms with Crippen molar-refractivity contribution in [2.45, 2.75) is 0 Å². The van der Waals surface area contributed by atoms with E-state index in [4.69, 9.17) is 0 Å². The number of carbonyl (C=O) groups is 3. The van der Waals surface area contributed by atoms with Crippen molar-refractivity contribution in [3.63, 3.8) is 0 Å². The number of benzene rings is 3. The summed E-state index contributed by atoms with van der Waals surface area (Å²) in [6.45, 7) is 0. The molecule has 3 aromatic carbocycles. The van der Waals surface area contributed by atoms with E-state index < -0.39 is 11.8 Å². The van der Waals surface area contributed by atoms with Gasteiger partial charge in [-0.3, -0.25) is 25.2 Å². The van der Waals surface area contributed by atoms with Crippen LogP contribution in [-0.2, 0) is 0 Å². The number of hydrogen-bond acceptors (Lipinski definition) is 5. The standard InChI is InChI=1S/C23H17N3O4S/c27-19-13-16-5-2-1-4-15(16)12-18(19)22(29)26-25-21(28)14-7-9-17(10-8-14)24-23(30)20-6-3-11-31-20/h1-13,27H,(H,24,30)(H,25,28)(H,26,29). The fourth-order valence-electron chi connectivity index (χ4n) is 2.97. The van der Waals surface area contributed by atoms with Crippen molar-refractivity contribution in [1.29, 1.82) is 0 Å². The molecule has 0 aliphatic carbocycles. The summed E-state index contributed by atoms with van der Waals surface area (Å²) in [4.78, 5) is 37.4. The number of aromatic hydroxyl groups is 1. The maximum Gasteiger partial charge on any atom is 0.273 e. The second kappa shape index (κ2) is 8.68. The lowest BCUT2D eigenvalue weighted by atomic mass is 10.1. The summed E-state index contributed by atoms with van der Waals surface area (Å²) in [5.74, 6) is -1.59. The molecule has 0 aliphatic heterocycles. The molecule has 3 amide bonds. The second-order valence-electron chi connectivity index (χ2n) is 6.63. The molecule has 0 fully saturated rings. The third-order valence-electron chi connectivity index (χ3n) is 4.55. The Balaban J connectivity index is 1.38. The van der Waals surface area contributed by atoms with Gasteiger partial charge in [-0.1, -0.05) is 30.3 Å². The summed E-state index contributed by atoms with van der Waals surface area (Å²) in [7, 11) is 0. The SMILES string of the molecule is O=C(NNC(=O)c1cc2ccccc2cc1O)c1ccc(NC(=O)c2cccs2)cc1. The van der Waals surface area contributed by atoms with Crippen molar-refractivity contribution < 1.29 is 19.5 Å². The van der Waals surface area contributed by atoms with Crippen LogP contribution < -0.4 is 16.2 Å². The summed E-state index contributed by atoms with van der Waals surface area (Å²) in [5, 5.41) is 16.3. The Labute approximate surface area is 181 Å². The quantitative estimate of drug-likeness (QED) is 0.367. The van der Waals surface area contributed by atoms with E-state index >= 15 is 0 Å².